The summed E-state index contributed by atoms with van der Waals surface area (Å²) < 4.78 is 0. The molecule has 1 atom stereocenters. The molecule has 1 heterocycles. The van der Waals surface area contributed by atoms with Crippen molar-refractivity contribution < 1.29 is 4.79 Å². The highest BCUT2D eigenvalue weighted by molar-refractivity contribution is 6.42. The maximum absolute atomic E-state index is 12.4. The number of nitrogens with zero attached hydrogens (tertiary/aromatic N) is 2. The number of benzene rings is 1. The van der Waals surface area contributed by atoms with E-state index in [-0.39, 0.29) is 5.91 Å². The minimum absolute atomic E-state index is 0.0975. The molecule has 1 fully saturated rings. The lowest BCUT2D eigenvalue weighted by Crippen LogP contribution is -2.44. The molecule has 5 heteroatoms. The lowest BCUT2D eigenvalue weighted by atomic mass is 9.83. The van der Waals surface area contributed by atoms with Crippen molar-refractivity contribution >= 4 is 29.1 Å². The van der Waals surface area contributed by atoms with Crippen molar-refractivity contribution in [3.05, 3.63) is 33.8 Å². The summed E-state index contributed by atoms with van der Waals surface area (Å²) in [5, 5.41) is 9.97. The number of hydrogen-bond donors (Lipinski definition) is 0. The van der Waals surface area contributed by atoms with E-state index in [1.165, 1.54) is 0 Å². The Morgan fingerprint density at radius 1 is 1.42 bits per heavy atom. The maximum Gasteiger partial charge on any atom is 0.253 e. The number of piperidine rings is 1. The monoisotopic (exact) mass is 296 g/mol. The molecule has 0 saturated carbocycles. The van der Waals surface area contributed by atoms with Crippen LogP contribution >= 0.6 is 23.2 Å². The average molecular weight is 297 g/mol. The Bertz CT molecular complexity index is 553. The summed E-state index contributed by atoms with van der Waals surface area (Å²) in [5.74, 6) is -0.0975. The van der Waals surface area contributed by atoms with Gasteiger partial charge in [-0.15, -0.1) is 0 Å². The zero-order chi connectivity index (χ0) is 14.0. The van der Waals surface area contributed by atoms with Gasteiger partial charge in [-0.1, -0.05) is 23.2 Å². The third kappa shape index (κ3) is 3.02. The van der Waals surface area contributed by atoms with Crippen LogP contribution in [0.1, 0.15) is 30.1 Å². The number of amides is 1. The first kappa shape index (κ1) is 14.2. The quantitative estimate of drug-likeness (QED) is 0.792. The Hall–Kier alpha value is -1.24. The van der Waals surface area contributed by atoms with Crippen LogP contribution in [-0.2, 0) is 0 Å². The predicted octanol–water partition coefficient (Wildman–Crippen LogP) is 3.76. The zero-order valence-corrected chi connectivity index (χ0v) is 12.1. The first-order valence-corrected chi connectivity index (χ1v) is 6.86. The van der Waals surface area contributed by atoms with E-state index in [0.717, 1.165) is 12.8 Å². The molecule has 1 aliphatic heterocycles. The number of carbonyl (C=O) groups is 1. The highest BCUT2D eigenvalue weighted by atomic mass is 35.5. The maximum atomic E-state index is 12.4. The summed E-state index contributed by atoms with van der Waals surface area (Å²) in [6, 6.07) is 7.15. The number of likely N-dealkylation sites (tertiary alicyclic amines) is 1. The highest BCUT2D eigenvalue weighted by Gasteiger charge is 2.33. The van der Waals surface area contributed by atoms with Crippen molar-refractivity contribution in [3.63, 3.8) is 0 Å². The molecular weight excluding hydrogens is 283 g/mol. The second-order valence-electron chi connectivity index (χ2n) is 5.13. The molecule has 0 aliphatic carbocycles. The van der Waals surface area contributed by atoms with E-state index >= 15 is 0 Å². The smallest absolute Gasteiger partial charge is 0.253 e. The van der Waals surface area contributed by atoms with Gasteiger partial charge >= 0.3 is 0 Å². The number of halogens is 2. The molecule has 0 N–H and O–H groups in total. The molecule has 2 rings (SSSR count). The molecule has 100 valence electrons. The third-order valence-electron chi connectivity index (χ3n) is 3.42. The van der Waals surface area contributed by atoms with Crippen molar-refractivity contribution in [1.82, 2.24) is 4.90 Å². The van der Waals surface area contributed by atoms with Gasteiger partial charge in [0.2, 0.25) is 0 Å². The molecule has 0 radical (unpaired) electrons. The minimum Gasteiger partial charge on any atom is -0.337 e. The van der Waals surface area contributed by atoms with Crippen LogP contribution in [0.25, 0.3) is 0 Å². The van der Waals surface area contributed by atoms with Crippen LogP contribution in [0.5, 0.6) is 0 Å². The fraction of sp³-hybridized carbons (Fsp3) is 0.429. The van der Waals surface area contributed by atoms with E-state index in [9.17, 15) is 10.1 Å². The Morgan fingerprint density at radius 2 is 2.16 bits per heavy atom. The normalized spacial score (nSPS) is 22.9. The van der Waals surface area contributed by atoms with Crippen LogP contribution in [-0.4, -0.2) is 23.9 Å². The number of hydrogen-bond acceptors (Lipinski definition) is 2. The Morgan fingerprint density at radius 3 is 2.79 bits per heavy atom. The van der Waals surface area contributed by atoms with Crippen LogP contribution < -0.4 is 0 Å². The van der Waals surface area contributed by atoms with Gasteiger partial charge in [-0.2, -0.15) is 5.26 Å². The van der Waals surface area contributed by atoms with Gasteiger partial charge in [0.25, 0.3) is 5.91 Å². The van der Waals surface area contributed by atoms with Gasteiger partial charge in [-0.05, 0) is 38.0 Å². The van der Waals surface area contributed by atoms with Gasteiger partial charge in [0.15, 0.2) is 0 Å². The van der Waals surface area contributed by atoms with Crippen molar-refractivity contribution in [2.45, 2.75) is 19.8 Å². The molecule has 1 aliphatic rings. The van der Waals surface area contributed by atoms with Crippen LogP contribution in [0.15, 0.2) is 18.2 Å². The number of carbonyl (C=O) groups excluding carboxylic acids is 1. The van der Waals surface area contributed by atoms with E-state index < -0.39 is 5.41 Å². The summed E-state index contributed by atoms with van der Waals surface area (Å²) in [5.41, 5.74) is 0.0565. The van der Waals surface area contributed by atoms with Crippen molar-refractivity contribution in [1.29, 1.82) is 5.26 Å². The molecular formula is C14H14Cl2N2O. The third-order valence-corrected chi connectivity index (χ3v) is 4.16. The molecule has 1 aromatic rings. The van der Waals surface area contributed by atoms with E-state index in [1.807, 2.05) is 6.92 Å². The van der Waals surface area contributed by atoms with Crippen LogP contribution in [0.2, 0.25) is 10.0 Å². The van der Waals surface area contributed by atoms with E-state index in [4.69, 9.17) is 23.2 Å². The summed E-state index contributed by atoms with van der Waals surface area (Å²) in [6.07, 6.45) is 1.67. The van der Waals surface area contributed by atoms with Gasteiger partial charge in [-0.25, -0.2) is 0 Å². The second kappa shape index (κ2) is 5.40. The fourth-order valence-electron chi connectivity index (χ4n) is 2.32. The molecule has 0 spiro atoms. The molecule has 1 amide bonds. The van der Waals surface area contributed by atoms with E-state index in [2.05, 4.69) is 6.07 Å². The largest absolute Gasteiger partial charge is 0.337 e. The highest BCUT2D eigenvalue weighted by Crippen LogP contribution is 2.30. The molecule has 1 unspecified atom stereocenters. The lowest BCUT2D eigenvalue weighted by molar-refractivity contribution is 0.0630. The second-order valence-corrected chi connectivity index (χ2v) is 5.95. The molecule has 19 heavy (non-hydrogen) atoms. The Balaban J connectivity index is 2.20. The summed E-state index contributed by atoms with van der Waals surface area (Å²) in [4.78, 5) is 14.1. The van der Waals surface area contributed by atoms with Crippen LogP contribution in [0.3, 0.4) is 0 Å². The summed E-state index contributed by atoms with van der Waals surface area (Å²) in [6.45, 7) is 3.03. The number of nitriles is 1. The summed E-state index contributed by atoms with van der Waals surface area (Å²) in [7, 11) is 0. The molecule has 0 bridgehead atoms. The number of rotatable bonds is 1. The molecule has 1 aromatic carbocycles. The SMILES string of the molecule is CC1(C#N)CCCN(C(=O)c2ccc(Cl)c(Cl)c2)C1. The van der Waals surface area contributed by atoms with Crippen LogP contribution in [0, 0.1) is 16.7 Å². The van der Waals surface area contributed by atoms with Gasteiger partial charge in [-0.3, -0.25) is 4.79 Å². The van der Waals surface area contributed by atoms with E-state index in [1.54, 1.807) is 23.1 Å². The minimum atomic E-state index is -0.454. The Labute approximate surface area is 122 Å². The molecule has 0 aromatic heterocycles. The van der Waals surface area contributed by atoms with Gasteiger partial charge in [0.05, 0.1) is 21.5 Å². The fourth-order valence-corrected chi connectivity index (χ4v) is 2.61. The van der Waals surface area contributed by atoms with Crippen molar-refractivity contribution in [2.75, 3.05) is 13.1 Å². The Kier molecular flexibility index (Phi) is 4.03. The van der Waals surface area contributed by atoms with Gasteiger partial charge < -0.3 is 4.90 Å². The standard InChI is InChI=1S/C14H14Cl2N2O/c1-14(8-17)5-2-6-18(9-14)13(19)10-3-4-11(15)12(16)7-10/h3-4,7H,2,5-6,9H2,1H3. The average Bonchev–Trinajstić information content (AvgIpc) is 2.41. The molecule has 1 saturated heterocycles. The van der Waals surface area contributed by atoms with Crippen molar-refractivity contribution in [3.8, 4) is 6.07 Å². The predicted molar refractivity (Wildman–Crippen MR) is 75.3 cm³/mol. The van der Waals surface area contributed by atoms with Crippen LogP contribution in [0.4, 0.5) is 0 Å². The first-order chi connectivity index (χ1) is 8.95. The van der Waals surface area contributed by atoms with E-state index in [0.29, 0.717) is 28.7 Å². The van der Waals surface area contributed by atoms with Crippen molar-refractivity contribution in [2.24, 2.45) is 5.41 Å². The summed E-state index contributed by atoms with van der Waals surface area (Å²) >= 11 is 11.8. The molecule has 3 nitrogen and oxygen atoms in total. The zero-order valence-electron chi connectivity index (χ0n) is 10.6. The van der Waals surface area contributed by atoms with Gasteiger partial charge in [0.1, 0.15) is 0 Å². The van der Waals surface area contributed by atoms with Gasteiger partial charge in [0, 0.05) is 18.7 Å². The lowest BCUT2D eigenvalue weighted by Gasteiger charge is -2.36. The topological polar surface area (TPSA) is 44.1 Å². The first-order valence-electron chi connectivity index (χ1n) is 6.11.